The van der Waals surface area contributed by atoms with Crippen LogP contribution >= 0.6 is 0 Å². The quantitative estimate of drug-likeness (QED) is 0.169. The van der Waals surface area contributed by atoms with Gasteiger partial charge in [0.2, 0.25) is 11.9 Å². The number of aromatic nitrogens is 4. The number of hydrogen-bond acceptors (Lipinski definition) is 6. The fraction of sp³-hybridized carbons (Fsp3) is 0.366. The Morgan fingerprint density at radius 1 is 0.714 bits per heavy atom. The molecule has 1 aliphatic carbocycles. The Balaban J connectivity index is 0.00000378. The molecule has 5 aromatic rings. The minimum atomic E-state index is -0.421. The number of rotatable bonds is 4. The fourth-order valence-electron chi connectivity index (χ4n) is 8.07. The SMILES string of the molecule is CC1(C)c2c[c-]c(-c3cc(F)c(-c4nc(N5CCCc6ccccc65)nc(N5CCCc6ccccc65)n4)cn3)cc2C(C)(C)C1(C)C.[Ir]. The van der Waals surface area contributed by atoms with Gasteiger partial charge in [-0.1, -0.05) is 77.9 Å². The van der Waals surface area contributed by atoms with Gasteiger partial charge in [-0.25, -0.2) is 4.39 Å². The Morgan fingerprint density at radius 3 is 1.84 bits per heavy atom. The number of nitrogens with zero attached hydrogens (tertiary/aromatic N) is 6. The molecule has 0 spiro atoms. The summed E-state index contributed by atoms with van der Waals surface area (Å²) in [6, 6.07) is 26.0. The first kappa shape index (κ1) is 33.5. The third kappa shape index (κ3) is 5.21. The average molecular weight is 830 g/mol. The van der Waals surface area contributed by atoms with Crippen LogP contribution in [-0.2, 0) is 43.8 Å². The van der Waals surface area contributed by atoms with Crippen LogP contribution in [0, 0.1) is 17.3 Å². The molecular weight excluding hydrogens is 788 g/mol. The minimum absolute atomic E-state index is 0. The van der Waals surface area contributed by atoms with E-state index in [9.17, 15) is 0 Å². The maximum atomic E-state index is 16.3. The summed E-state index contributed by atoms with van der Waals surface area (Å²) in [4.78, 5) is 24.0. The van der Waals surface area contributed by atoms with Crippen molar-refractivity contribution in [3.8, 4) is 22.6 Å². The Morgan fingerprint density at radius 2 is 1.27 bits per heavy atom. The molecule has 8 rings (SSSR count). The predicted octanol–water partition coefficient (Wildman–Crippen LogP) is 9.30. The minimum Gasteiger partial charge on any atom is -0.310 e. The predicted molar refractivity (Wildman–Crippen MR) is 191 cm³/mol. The molecule has 3 aromatic carbocycles. The molecule has 49 heavy (non-hydrogen) atoms. The summed E-state index contributed by atoms with van der Waals surface area (Å²) in [5, 5.41) is 0. The van der Waals surface area contributed by atoms with E-state index in [2.05, 4.69) is 106 Å². The molecule has 2 aliphatic heterocycles. The van der Waals surface area contributed by atoms with Gasteiger partial charge in [-0.2, -0.15) is 15.0 Å². The molecule has 6 nitrogen and oxygen atoms in total. The van der Waals surface area contributed by atoms with E-state index >= 15 is 4.39 Å². The summed E-state index contributed by atoms with van der Waals surface area (Å²) < 4.78 is 16.3. The number of hydrogen-bond donors (Lipinski definition) is 0. The van der Waals surface area contributed by atoms with Crippen LogP contribution in [0.25, 0.3) is 22.6 Å². The summed E-state index contributed by atoms with van der Waals surface area (Å²) in [5.74, 6) is 0.899. The molecule has 0 bridgehead atoms. The second-order valence-corrected chi connectivity index (χ2v) is 15.1. The molecule has 0 unspecified atom stereocenters. The third-order valence-electron chi connectivity index (χ3n) is 12.1. The van der Waals surface area contributed by atoms with Gasteiger partial charge in [0.15, 0.2) is 5.82 Å². The largest absolute Gasteiger partial charge is 0.310 e. The maximum Gasteiger partial charge on any atom is 0.235 e. The molecule has 4 heterocycles. The zero-order valence-electron chi connectivity index (χ0n) is 29.1. The first-order chi connectivity index (χ1) is 23.0. The van der Waals surface area contributed by atoms with Crippen LogP contribution in [0.4, 0.5) is 27.7 Å². The average Bonchev–Trinajstić information content (AvgIpc) is 3.20. The Hall–Kier alpha value is -4.00. The van der Waals surface area contributed by atoms with Crippen LogP contribution in [0.5, 0.6) is 0 Å². The van der Waals surface area contributed by atoms with Crippen molar-refractivity contribution in [2.75, 3.05) is 22.9 Å². The number of benzene rings is 3. The molecule has 0 fully saturated rings. The summed E-state index contributed by atoms with van der Waals surface area (Å²) in [5.41, 5.74) is 8.75. The van der Waals surface area contributed by atoms with Gasteiger partial charge in [0, 0.05) is 50.8 Å². The normalized spacial score (nSPS) is 18.3. The molecular formula is C41H42FIrN6-. The van der Waals surface area contributed by atoms with Crippen molar-refractivity contribution in [1.82, 2.24) is 19.9 Å². The van der Waals surface area contributed by atoms with Crippen LogP contribution in [-0.4, -0.2) is 33.0 Å². The van der Waals surface area contributed by atoms with Gasteiger partial charge in [-0.15, -0.1) is 34.9 Å². The maximum absolute atomic E-state index is 16.3. The van der Waals surface area contributed by atoms with Crippen molar-refractivity contribution >= 4 is 23.3 Å². The second kappa shape index (κ2) is 12.1. The van der Waals surface area contributed by atoms with Crippen molar-refractivity contribution in [1.29, 1.82) is 0 Å². The third-order valence-corrected chi connectivity index (χ3v) is 12.1. The molecule has 3 aliphatic rings. The fourth-order valence-corrected chi connectivity index (χ4v) is 8.07. The van der Waals surface area contributed by atoms with Crippen molar-refractivity contribution < 1.29 is 24.5 Å². The van der Waals surface area contributed by atoms with E-state index in [1.54, 1.807) is 6.20 Å². The molecule has 1 radical (unpaired) electrons. The van der Waals surface area contributed by atoms with Crippen molar-refractivity contribution in [2.45, 2.75) is 78.1 Å². The van der Waals surface area contributed by atoms with Crippen LogP contribution < -0.4 is 9.80 Å². The number of anilines is 4. The number of aryl methyl sites for hydroxylation is 2. The first-order valence-electron chi connectivity index (χ1n) is 17.2. The van der Waals surface area contributed by atoms with Gasteiger partial charge in [0.25, 0.3) is 0 Å². The van der Waals surface area contributed by atoms with Crippen LogP contribution in [0.1, 0.15) is 76.6 Å². The van der Waals surface area contributed by atoms with Crippen LogP contribution in [0.15, 0.2) is 72.9 Å². The zero-order valence-corrected chi connectivity index (χ0v) is 31.5. The Bertz CT molecular complexity index is 2000. The van der Waals surface area contributed by atoms with Gasteiger partial charge < -0.3 is 14.8 Å². The number of halogens is 1. The summed E-state index contributed by atoms with van der Waals surface area (Å²) >= 11 is 0. The van der Waals surface area contributed by atoms with Crippen molar-refractivity contribution in [3.63, 3.8) is 0 Å². The molecule has 2 aromatic heterocycles. The van der Waals surface area contributed by atoms with Gasteiger partial charge in [-0.3, -0.25) is 0 Å². The number of pyridine rings is 1. The topological polar surface area (TPSA) is 58.0 Å². The smallest absolute Gasteiger partial charge is 0.235 e. The van der Waals surface area contributed by atoms with E-state index < -0.39 is 5.82 Å². The summed E-state index contributed by atoms with van der Waals surface area (Å²) in [7, 11) is 0. The summed E-state index contributed by atoms with van der Waals surface area (Å²) in [6.45, 7) is 15.4. The number of para-hydroxylation sites is 2. The zero-order chi connectivity index (χ0) is 33.4. The van der Waals surface area contributed by atoms with E-state index in [1.807, 2.05) is 12.1 Å². The van der Waals surface area contributed by atoms with Gasteiger partial charge >= 0.3 is 0 Å². The molecule has 253 valence electrons. The van der Waals surface area contributed by atoms with E-state index in [4.69, 9.17) is 19.9 Å². The van der Waals surface area contributed by atoms with E-state index in [-0.39, 0.29) is 47.7 Å². The molecule has 0 saturated carbocycles. The van der Waals surface area contributed by atoms with E-state index in [0.717, 1.165) is 55.7 Å². The van der Waals surface area contributed by atoms with Crippen LogP contribution in [0.2, 0.25) is 0 Å². The standard InChI is InChI=1S/C41H42FN6.Ir/c1-39(2)30-20-19-28(23-31(30)40(3,4)41(39,5)6)33-24-32(42)29(25-43-33)36-44-37(47-21-11-15-26-13-7-9-17-34(26)47)46-38(45-36)48-22-12-16-27-14-8-10-18-35(27)48;/h7-10,13-14,17-18,20,23-25H,11-12,15-16,21-22H2,1-6H3;/q-1;. The first-order valence-corrected chi connectivity index (χ1v) is 17.2. The van der Waals surface area contributed by atoms with E-state index in [0.29, 0.717) is 17.6 Å². The van der Waals surface area contributed by atoms with Crippen molar-refractivity contribution in [3.05, 3.63) is 107 Å². The Labute approximate surface area is 302 Å². The molecule has 0 amide bonds. The Kier molecular flexibility index (Phi) is 8.27. The summed E-state index contributed by atoms with van der Waals surface area (Å²) in [6.07, 6.45) is 5.54. The molecule has 0 atom stereocenters. The number of fused-ring (bicyclic) bond motifs is 3. The molecule has 0 saturated heterocycles. The van der Waals surface area contributed by atoms with Gasteiger partial charge in [0.05, 0.1) is 5.56 Å². The molecule has 0 N–H and O–H groups in total. The van der Waals surface area contributed by atoms with Gasteiger partial charge in [0.1, 0.15) is 5.82 Å². The second-order valence-electron chi connectivity index (χ2n) is 15.1. The van der Waals surface area contributed by atoms with Gasteiger partial charge in [-0.05, 0) is 76.9 Å². The van der Waals surface area contributed by atoms with E-state index in [1.165, 1.54) is 28.3 Å². The molecule has 8 heteroatoms. The monoisotopic (exact) mass is 830 g/mol. The van der Waals surface area contributed by atoms with Crippen LogP contribution in [0.3, 0.4) is 0 Å². The van der Waals surface area contributed by atoms with Crippen molar-refractivity contribution in [2.24, 2.45) is 5.41 Å².